The minimum absolute atomic E-state index is 0.00559. The molecule has 1 saturated carbocycles. The molecular formula is C22H23N5O2. The number of benzene rings is 1. The third-order valence-corrected chi connectivity index (χ3v) is 5.42. The Morgan fingerprint density at radius 2 is 2.14 bits per heavy atom. The van der Waals surface area contributed by atoms with E-state index in [1.54, 1.807) is 7.11 Å². The van der Waals surface area contributed by atoms with Gasteiger partial charge in [0, 0.05) is 24.4 Å². The second-order valence-electron chi connectivity index (χ2n) is 7.55. The highest BCUT2D eigenvalue weighted by atomic mass is 16.5. The Morgan fingerprint density at radius 3 is 2.93 bits per heavy atom. The first kappa shape index (κ1) is 17.8. The predicted octanol–water partition coefficient (Wildman–Crippen LogP) is 2.91. The molecule has 3 heterocycles. The number of hydrogen-bond donors (Lipinski definition) is 2. The Hall–Kier alpha value is -3.32. The molecule has 1 aromatic carbocycles. The number of nitrogens with one attached hydrogen (secondary N) is 2. The smallest absolute Gasteiger partial charge is 0.251 e. The van der Waals surface area contributed by atoms with Crippen molar-refractivity contribution in [1.29, 1.82) is 0 Å². The summed E-state index contributed by atoms with van der Waals surface area (Å²) in [5.41, 5.74) is 8.29. The number of carbonyl (C=O) groups is 1. The fourth-order valence-electron chi connectivity index (χ4n) is 3.58. The number of nitrogens with zero attached hydrogens (tertiary/aromatic N) is 3. The van der Waals surface area contributed by atoms with E-state index in [4.69, 9.17) is 4.74 Å². The molecule has 7 nitrogen and oxygen atoms in total. The molecule has 1 fully saturated rings. The van der Waals surface area contributed by atoms with Gasteiger partial charge in [0.25, 0.3) is 5.91 Å². The zero-order valence-electron chi connectivity index (χ0n) is 16.5. The van der Waals surface area contributed by atoms with E-state index in [-0.39, 0.29) is 5.91 Å². The summed E-state index contributed by atoms with van der Waals surface area (Å²) >= 11 is 0. The maximum absolute atomic E-state index is 12.5. The van der Waals surface area contributed by atoms with Crippen LogP contribution in [0.4, 0.5) is 5.82 Å². The average Bonchev–Trinajstić information content (AvgIpc) is 3.25. The van der Waals surface area contributed by atoms with Gasteiger partial charge in [-0.15, -0.1) is 0 Å². The molecule has 1 aliphatic carbocycles. The van der Waals surface area contributed by atoms with Crippen molar-refractivity contribution in [2.24, 2.45) is 0 Å². The SMILES string of the molecule is COc1ccc2ncc(N3C=C(c4cc(C(=O)NC5CC5)ccc4C)CN3)n2c1. The van der Waals surface area contributed by atoms with Crippen molar-refractivity contribution >= 4 is 22.9 Å². The monoisotopic (exact) mass is 389 g/mol. The number of imidazole rings is 1. The van der Waals surface area contributed by atoms with E-state index in [2.05, 4.69) is 28.9 Å². The van der Waals surface area contributed by atoms with Crippen LogP contribution in [-0.4, -0.2) is 35.0 Å². The average molecular weight is 389 g/mol. The molecule has 7 heteroatoms. The molecule has 0 spiro atoms. The third kappa shape index (κ3) is 3.34. The van der Waals surface area contributed by atoms with Crippen molar-refractivity contribution in [2.75, 3.05) is 18.7 Å². The van der Waals surface area contributed by atoms with Gasteiger partial charge in [0.2, 0.25) is 0 Å². The van der Waals surface area contributed by atoms with Crippen LogP contribution in [0.25, 0.3) is 11.2 Å². The van der Waals surface area contributed by atoms with E-state index in [9.17, 15) is 4.79 Å². The van der Waals surface area contributed by atoms with Crippen LogP contribution >= 0.6 is 0 Å². The van der Waals surface area contributed by atoms with E-state index in [1.807, 2.05) is 52.1 Å². The van der Waals surface area contributed by atoms with Crippen LogP contribution in [0.1, 0.15) is 34.3 Å². The number of carbonyl (C=O) groups excluding carboxylic acids is 1. The standard InChI is InChI=1S/C22H23N5O2/c1-14-3-4-15(22(28)25-17-5-6-17)9-19(14)16-10-24-27(12-16)21-11-23-20-8-7-18(29-2)13-26(20)21/h3-4,7-9,11-13,17,24H,5-6,10H2,1-2H3,(H,25,28). The molecule has 0 saturated heterocycles. The third-order valence-electron chi connectivity index (χ3n) is 5.42. The topological polar surface area (TPSA) is 70.9 Å². The van der Waals surface area contributed by atoms with E-state index >= 15 is 0 Å². The lowest BCUT2D eigenvalue weighted by Crippen LogP contribution is -2.29. The van der Waals surface area contributed by atoms with Crippen LogP contribution in [0.3, 0.4) is 0 Å². The van der Waals surface area contributed by atoms with Crippen LogP contribution in [-0.2, 0) is 0 Å². The number of pyridine rings is 1. The van der Waals surface area contributed by atoms with Gasteiger partial charge in [-0.05, 0) is 60.7 Å². The second kappa shape index (κ2) is 6.93. The van der Waals surface area contributed by atoms with Gasteiger partial charge in [-0.25, -0.2) is 10.4 Å². The van der Waals surface area contributed by atoms with Crippen LogP contribution in [0.2, 0.25) is 0 Å². The van der Waals surface area contributed by atoms with Crippen molar-refractivity contribution in [2.45, 2.75) is 25.8 Å². The number of rotatable bonds is 5. The van der Waals surface area contributed by atoms with Crippen LogP contribution < -0.4 is 20.5 Å². The maximum Gasteiger partial charge on any atom is 0.251 e. The Bertz CT molecular complexity index is 1130. The van der Waals surface area contributed by atoms with E-state index in [0.717, 1.165) is 46.8 Å². The molecule has 2 aromatic heterocycles. The number of fused-ring (bicyclic) bond motifs is 1. The maximum atomic E-state index is 12.5. The number of methoxy groups -OCH3 is 1. The second-order valence-corrected chi connectivity index (χ2v) is 7.55. The summed E-state index contributed by atoms with van der Waals surface area (Å²) in [5.74, 6) is 1.67. The minimum Gasteiger partial charge on any atom is -0.495 e. The molecule has 5 rings (SSSR count). The predicted molar refractivity (Wildman–Crippen MR) is 112 cm³/mol. The number of hydrazine groups is 1. The van der Waals surface area contributed by atoms with Gasteiger partial charge in [-0.3, -0.25) is 14.2 Å². The molecular weight excluding hydrogens is 366 g/mol. The van der Waals surface area contributed by atoms with Gasteiger partial charge in [0.15, 0.2) is 5.82 Å². The van der Waals surface area contributed by atoms with Crippen molar-refractivity contribution in [3.05, 3.63) is 65.6 Å². The zero-order chi connectivity index (χ0) is 20.0. The van der Waals surface area contributed by atoms with E-state index in [1.165, 1.54) is 0 Å². The van der Waals surface area contributed by atoms with Crippen molar-refractivity contribution < 1.29 is 9.53 Å². The molecule has 1 amide bonds. The normalized spacial score (nSPS) is 16.2. The Balaban J connectivity index is 1.46. The first-order valence-corrected chi connectivity index (χ1v) is 9.79. The number of aryl methyl sites for hydroxylation is 1. The van der Waals surface area contributed by atoms with Crippen molar-refractivity contribution in [3.63, 3.8) is 0 Å². The summed E-state index contributed by atoms with van der Waals surface area (Å²) < 4.78 is 7.33. The van der Waals surface area contributed by atoms with Gasteiger partial charge in [-0.2, -0.15) is 0 Å². The Morgan fingerprint density at radius 1 is 1.28 bits per heavy atom. The largest absolute Gasteiger partial charge is 0.495 e. The molecule has 2 N–H and O–H groups in total. The van der Waals surface area contributed by atoms with Crippen molar-refractivity contribution in [1.82, 2.24) is 20.1 Å². The van der Waals surface area contributed by atoms with Gasteiger partial charge in [-0.1, -0.05) is 6.07 Å². The Labute approximate surface area is 169 Å². The lowest BCUT2D eigenvalue weighted by atomic mass is 9.98. The Kier molecular flexibility index (Phi) is 4.24. The van der Waals surface area contributed by atoms with Gasteiger partial charge in [0.05, 0.1) is 19.5 Å². The summed E-state index contributed by atoms with van der Waals surface area (Å²) in [4.78, 5) is 16.9. The van der Waals surface area contributed by atoms with Gasteiger partial charge in [0.1, 0.15) is 11.4 Å². The van der Waals surface area contributed by atoms with E-state index in [0.29, 0.717) is 18.2 Å². The zero-order valence-corrected chi connectivity index (χ0v) is 16.5. The minimum atomic E-state index is 0.00559. The highest BCUT2D eigenvalue weighted by Crippen LogP contribution is 2.28. The molecule has 0 unspecified atom stereocenters. The summed E-state index contributed by atoms with van der Waals surface area (Å²) in [5, 5.41) is 5.03. The highest BCUT2D eigenvalue weighted by molar-refractivity contribution is 5.96. The van der Waals surface area contributed by atoms with Gasteiger partial charge >= 0.3 is 0 Å². The number of hydrogen-bond acceptors (Lipinski definition) is 5. The molecule has 29 heavy (non-hydrogen) atoms. The molecule has 1 aliphatic heterocycles. The van der Waals surface area contributed by atoms with Crippen LogP contribution in [0.15, 0.2) is 48.9 Å². The fourth-order valence-corrected chi connectivity index (χ4v) is 3.58. The van der Waals surface area contributed by atoms with Crippen LogP contribution in [0, 0.1) is 6.92 Å². The number of anilines is 1. The molecule has 148 valence electrons. The fraction of sp³-hybridized carbons (Fsp3) is 0.273. The molecule has 3 aromatic rings. The first-order valence-electron chi connectivity index (χ1n) is 9.79. The highest BCUT2D eigenvalue weighted by Gasteiger charge is 2.25. The lowest BCUT2D eigenvalue weighted by Gasteiger charge is -2.14. The number of amides is 1. The van der Waals surface area contributed by atoms with Crippen molar-refractivity contribution in [3.8, 4) is 5.75 Å². The molecule has 0 atom stereocenters. The first-order chi connectivity index (χ1) is 14.1. The summed E-state index contributed by atoms with van der Waals surface area (Å²) in [6, 6.07) is 10.1. The summed E-state index contributed by atoms with van der Waals surface area (Å²) in [7, 11) is 1.65. The summed E-state index contributed by atoms with van der Waals surface area (Å²) in [6.07, 6.45) is 7.97. The summed E-state index contributed by atoms with van der Waals surface area (Å²) in [6.45, 7) is 2.74. The lowest BCUT2D eigenvalue weighted by molar-refractivity contribution is 0.0951. The molecule has 0 bridgehead atoms. The molecule has 0 radical (unpaired) electrons. The quantitative estimate of drug-likeness (QED) is 0.702. The number of ether oxygens (including phenoxy) is 1. The van der Waals surface area contributed by atoms with Crippen LogP contribution in [0.5, 0.6) is 5.75 Å². The van der Waals surface area contributed by atoms with E-state index < -0.39 is 0 Å². The number of aromatic nitrogens is 2. The molecule has 2 aliphatic rings. The van der Waals surface area contributed by atoms with Gasteiger partial charge < -0.3 is 10.1 Å².